The number of carbonyl (C=O) groups is 3. The number of fused-ring (bicyclic) bond motifs is 1. The van der Waals surface area contributed by atoms with Gasteiger partial charge in [-0.2, -0.15) is 0 Å². The molecule has 0 N–H and O–H groups in total. The first kappa shape index (κ1) is 17.8. The molecule has 1 aromatic carbocycles. The zero-order valence-electron chi connectivity index (χ0n) is 14.4. The van der Waals surface area contributed by atoms with Crippen molar-refractivity contribution in [3.05, 3.63) is 39.9 Å². The quantitative estimate of drug-likeness (QED) is 0.258. The summed E-state index contributed by atoms with van der Waals surface area (Å²) in [5.41, 5.74) is -2.51. The van der Waals surface area contributed by atoms with Crippen molar-refractivity contribution < 1.29 is 33.5 Å². The minimum absolute atomic E-state index is 0.0859. The number of nitro benzene ring substituents is 1. The van der Waals surface area contributed by atoms with Crippen LogP contribution >= 0.6 is 0 Å². The van der Waals surface area contributed by atoms with Crippen LogP contribution in [0.1, 0.15) is 24.8 Å². The summed E-state index contributed by atoms with van der Waals surface area (Å²) in [7, 11) is 2.29. The van der Waals surface area contributed by atoms with Crippen LogP contribution < -0.4 is 0 Å². The summed E-state index contributed by atoms with van der Waals surface area (Å²) >= 11 is 0. The fourth-order valence-electron chi connectivity index (χ4n) is 4.26. The highest BCUT2D eigenvalue weighted by molar-refractivity contribution is 6.04. The minimum Gasteiger partial charge on any atom is -0.468 e. The molecule has 2 aliphatic rings. The van der Waals surface area contributed by atoms with Gasteiger partial charge in [-0.3, -0.25) is 24.5 Å². The number of hydrogen-bond acceptors (Lipinski definition) is 8. The van der Waals surface area contributed by atoms with Gasteiger partial charge < -0.3 is 14.2 Å². The van der Waals surface area contributed by atoms with Gasteiger partial charge >= 0.3 is 17.9 Å². The standard InChI is InChI=1S/C17H17NO8/c1-16-8-17(14(20)24-2,15(21)25-3)11(12(16)13(19)26-16)9-4-6-10(7-5-9)18(22)23/h4-7,11-12H,8H2,1-3H3/t11-,12+,16+/m0/s1. The van der Waals surface area contributed by atoms with E-state index in [-0.39, 0.29) is 12.1 Å². The Morgan fingerprint density at radius 3 is 2.12 bits per heavy atom. The fraction of sp³-hybridized carbons (Fsp3) is 0.471. The predicted molar refractivity (Wildman–Crippen MR) is 84.9 cm³/mol. The normalized spacial score (nSPS) is 28.3. The van der Waals surface area contributed by atoms with Gasteiger partial charge in [0.05, 0.1) is 19.1 Å². The first-order chi connectivity index (χ1) is 12.2. The molecule has 0 radical (unpaired) electrons. The number of nitrogens with zero attached hydrogens (tertiary/aromatic N) is 1. The third-order valence-corrected chi connectivity index (χ3v) is 5.30. The highest BCUT2D eigenvalue weighted by atomic mass is 16.6. The Morgan fingerprint density at radius 2 is 1.69 bits per heavy atom. The van der Waals surface area contributed by atoms with E-state index >= 15 is 0 Å². The van der Waals surface area contributed by atoms with Crippen molar-refractivity contribution in [1.29, 1.82) is 0 Å². The number of benzene rings is 1. The van der Waals surface area contributed by atoms with Crippen molar-refractivity contribution >= 4 is 23.6 Å². The van der Waals surface area contributed by atoms with Crippen LogP contribution in [0.2, 0.25) is 0 Å². The second kappa shape index (κ2) is 5.79. The van der Waals surface area contributed by atoms with Crippen LogP contribution in [0, 0.1) is 21.4 Å². The second-order valence-corrected chi connectivity index (χ2v) is 6.67. The number of hydrogen-bond donors (Lipinski definition) is 0. The third-order valence-electron chi connectivity index (χ3n) is 5.30. The number of esters is 3. The number of ether oxygens (including phenoxy) is 3. The van der Waals surface area contributed by atoms with Crippen molar-refractivity contribution in [2.24, 2.45) is 11.3 Å². The minimum atomic E-state index is -1.77. The summed E-state index contributed by atoms with van der Waals surface area (Å²) < 4.78 is 15.0. The molecule has 0 unspecified atom stereocenters. The summed E-state index contributed by atoms with van der Waals surface area (Å²) in [5, 5.41) is 10.9. The molecular formula is C17H17NO8. The Labute approximate surface area is 148 Å². The molecule has 3 rings (SSSR count). The van der Waals surface area contributed by atoms with Crippen LogP contribution in [0.4, 0.5) is 5.69 Å². The fourth-order valence-corrected chi connectivity index (χ4v) is 4.26. The molecule has 0 bridgehead atoms. The van der Waals surface area contributed by atoms with Gasteiger partial charge in [-0.05, 0) is 12.5 Å². The maximum atomic E-state index is 12.7. The SMILES string of the molecule is COC(=O)C1(C(=O)OC)C[C@@]2(C)OC(=O)[C@H]2[C@@H]1c1ccc([N+](=O)[O-])cc1. The van der Waals surface area contributed by atoms with Gasteiger partial charge in [0.2, 0.25) is 0 Å². The van der Waals surface area contributed by atoms with Crippen LogP contribution in [0.5, 0.6) is 0 Å². The second-order valence-electron chi connectivity index (χ2n) is 6.67. The molecule has 1 saturated heterocycles. The molecule has 9 nitrogen and oxygen atoms in total. The van der Waals surface area contributed by atoms with Crippen LogP contribution in [-0.2, 0) is 28.6 Å². The summed E-state index contributed by atoms with van der Waals surface area (Å²) in [4.78, 5) is 47.8. The predicted octanol–water partition coefficient (Wildman–Crippen LogP) is 1.35. The van der Waals surface area contributed by atoms with Crippen LogP contribution in [0.25, 0.3) is 0 Å². The molecule has 1 aromatic rings. The van der Waals surface area contributed by atoms with Gasteiger partial charge in [0.15, 0.2) is 5.41 Å². The molecule has 138 valence electrons. The van der Waals surface area contributed by atoms with E-state index in [9.17, 15) is 24.5 Å². The molecule has 0 spiro atoms. The lowest BCUT2D eigenvalue weighted by molar-refractivity contribution is -0.384. The lowest BCUT2D eigenvalue weighted by Gasteiger charge is -2.42. The first-order valence-corrected chi connectivity index (χ1v) is 7.85. The molecule has 1 saturated carbocycles. The van der Waals surface area contributed by atoms with Crippen molar-refractivity contribution in [2.45, 2.75) is 24.9 Å². The molecule has 3 atom stereocenters. The van der Waals surface area contributed by atoms with E-state index in [2.05, 4.69) is 0 Å². The lowest BCUT2D eigenvalue weighted by Crippen LogP contribution is -2.53. The average molecular weight is 363 g/mol. The van der Waals surface area contributed by atoms with E-state index < -0.39 is 45.7 Å². The van der Waals surface area contributed by atoms with Crippen molar-refractivity contribution in [2.75, 3.05) is 14.2 Å². The summed E-state index contributed by atoms with van der Waals surface area (Å²) in [6.07, 6.45) is -0.0859. The lowest BCUT2D eigenvalue weighted by atomic mass is 9.71. The number of carbonyl (C=O) groups excluding carboxylic acids is 3. The Bertz CT molecular complexity index is 785. The van der Waals surface area contributed by atoms with Crippen molar-refractivity contribution in [3.63, 3.8) is 0 Å². The zero-order chi connectivity index (χ0) is 19.3. The molecule has 0 aromatic heterocycles. The van der Waals surface area contributed by atoms with Crippen LogP contribution in [0.3, 0.4) is 0 Å². The molecule has 2 fully saturated rings. The van der Waals surface area contributed by atoms with Crippen molar-refractivity contribution in [1.82, 2.24) is 0 Å². The molecule has 9 heteroatoms. The number of methoxy groups -OCH3 is 2. The Kier molecular flexibility index (Phi) is 3.97. The largest absolute Gasteiger partial charge is 0.468 e. The van der Waals surface area contributed by atoms with E-state index in [1.165, 1.54) is 24.3 Å². The Hall–Kier alpha value is -2.97. The van der Waals surface area contributed by atoms with Crippen LogP contribution in [-0.4, -0.2) is 42.7 Å². The van der Waals surface area contributed by atoms with Gasteiger partial charge in [0.1, 0.15) is 11.5 Å². The van der Waals surface area contributed by atoms with Crippen molar-refractivity contribution in [3.8, 4) is 0 Å². The molecule has 1 aliphatic heterocycles. The average Bonchev–Trinajstić information content (AvgIpc) is 2.85. The number of rotatable bonds is 4. The maximum absolute atomic E-state index is 12.7. The van der Waals surface area contributed by atoms with Gasteiger partial charge in [-0.1, -0.05) is 12.1 Å². The Balaban J connectivity index is 2.18. The topological polar surface area (TPSA) is 122 Å². The van der Waals surface area contributed by atoms with E-state index in [1.54, 1.807) is 6.92 Å². The summed E-state index contributed by atoms with van der Waals surface area (Å²) in [6, 6.07) is 5.38. The maximum Gasteiger partial charge on any atom is 0.324 e. The highest BCUT2D eigenvalue weighted by Gasteiger charge is 2.76. The smallest absolute Gasteiger partial charge is 0.324 e. The first-order valence-electron chi connectivity index (χ1n) is 7.85. The molecule has 0 amide bonds. The van der Waals surface area contributed by atoms with Gasteiger partial charge in [-0.25, -0.2) is 0 Å². The highest BCUT2D eigenvalue weighted by Crippen LogP contribution is 2.64. The van der Waals surface area contributed by atoms with E-state index in [0.717, 1.165) is 14.2 Å². The number of nitro groups is 1. The zero-order valence-corrected chi connectivity index (χ0v) is 14.4. The molecule has 1 aliphatic carbocycles. The van der Waals surface area contributed by atoms with E-state index in [4.69, 9.17) is 14.2 Å². The third kappa shape index (κ3) is 2.19. The Morgan fingerprint density at radius 1 is 1.15 bits per heavy atom. The van der Waals surface area contributed by atoms with E-state index in [0.29, 0.717) is 5.56 Å². The summed E-state index contributed by atoms with van der Waals surface area (Å²) in [6.45, 7) is 1.64. The van der Waals surface area contributed by atoms with Crippen LogP contribution in [0.15, 0.2) is 24.3 Å². The van der Waals surface area contributed by atoms with Gasteiger partial charge in [0.25, 0.3) is 5.69 Å². The van der Waals surface area contributed by atoms with E-state index in [1.807, 2.05) is 0 Å². The summed E-state index contributed by atoms with van der Waals surface area (Å²) in [5.74, 6) is -3.87. The monoisotopic (exact) mass is 363 g/mol. The molecular weight excluding hydrogens is 346 g/mol. The number of non-ortho nitro benzene ring substituents is 1. The van der Waals surface area contributed by atoms with Gasteiger partial charge in [-0.15, -0.1) is 0 Å². The molecule has 1 heterocycles. The molecule has 26 heavy (non-hydrogen) atoms. The van der Waals surface area contributed by atoms with Gasteiger partial charge in [0, 0.05) is 24.5 Å².